The Morgan fingerprint density at radius 1 is 1.32 bits per heavy atom. The number of halogens is 1. The molecule has 2 aromatic rings. The summed E-state index contributed by atoms with van der Waals surface area (Å²) in [4.78, 5) is 12.2. The fraction of sp³-hybridized carbons (Fsp3) is 0.312. The lowest BCUT2D eigenvalue weighted by Crippen LogP contribution is -2.36. The molecule has 1 atom stereocenters. The van der Waals surface area contributed by atoms with Crippen LogP contribution in [0.15, 0.2) is 47.1 Å². The molecule has 6 heteroatoms. The molecule has 0 spiro atoms. The van der Waals surface area contributed by atoms with Crippen LogP contribution in [-0.4, -0.2) is 25.0 Å². The Bertz CT molecular complexity index is 594. The van der Waals surface area contributed by atoms with E-state index >= 15 is 0 Å². The van der Waals surface area contributed by atoms with Crippen LogP contribution in [-0.2, 0) is 6.61 Å². The minimum absolute atomic E-state index is 0. The zero-order valence-electron chi connectivity index (χ0n) is 12.1. The Morgan fingerprint density at radius 2 is 2.14 bits per heavy atom. The van der Waals surface area contributed by atoms with Gasteiger partial charge in [0.15, 0.2) is 5.76 Å². The first-order valence-corrected chi connectivity index (χ1v) is 7.09. The van der Waals surface area contributed by atoms with Crippen LogP contribution in [0.2, 0.25) is 0 Å². The zero-order valence-corrected chi connectivity index (χ0v) is 12.9. The van der Waals surface area contributed by atoms with E-state index in [1.165, 1.54) is 6.26 Å². The summed E-state index contributed by atoms with van der Waals surface area (Å²) >= 11 is 0. The Hall–Kier alpha value is -1.98. The predicted molar refractivity (Wildman–Crippen MR) is 85.5 cm³/mol. The standard InChI is InChI=1S/C16H18N2O3.ClH/c19-16(18-13-6-8-17-10-13)15-12(7-9-20-15)11-21-14-4-2-1-3-5-14;/h1-5,7,9,13,17H,6,8,10-11H2,(H,18,19);1H. The number of ether oxygens (including phenoxy) is 1. The third-order valence-electron chi connectivity index (χ3n) is 3.49. The van der Waals surface area contributed by atoms with Gasteiger partial charge in [-0.1, -0.05) is 18.2 Å². The van der Waals surface area contributed by atoms with E-state index in [9.17, 15) is 4.79 Å². The van der Waals surface area contributed by atoms with Gasteiger partial charge in [0.25, 0.3) is 5.91 Å². The van der Waals surface area contributed by atoms with E-state index < -0.39 is 0 Å². The molecule has 1 amide bonds. The molecule has 5 nitrogen and oxygen atoms in total. The molecule has 22 heavy (non-hydrogen) atoms. The van der Waals surface area contributed by atoms with Crippen molar-refractivity contribution in [3.63, 3.8) is 0 Å². The number of hydrogen-bond donors (Lipinski definition) is 2. The van der Waals surface area contributed by atoms with Crippen LogP contribution in [0.5, 0.6) is 5.75 Å². The van der Waals surface area contributed by atoms with Gasteiger partial charge in [0.2, 0.25) is 0 Å². The van der Waals surface area contributed by atoms with Gasteiger partial charge in [-0.05, 0) is 31.2 Å². The molecule has 1 aromatic heterocycles. The van der Waals surface area contributed by atoms with Crippen molar-refractivity contribution in [2.24, 2.45) is 0 Å². The molecule has 0 saturated carbocycles. The second-order valence-electron chi connectivity index (χ2n) is 5.04. The first-order chi connectivity index (χ1) is 10.3. The highest BCUT2D eigenvalue weighted by molar-refractivity contribution is 5.93. The third-order valence-corrected chi connectivity index (χ3v) is 3.49. The molecule has 2 N–H and O–H groups in total. The van der Waals surface area contributed by atoms with E-state index in [1.54, 1.807) is 6.07 Å². The first-order valence-electron chi connectivity index (χ1n) is 7.09. The van der Waals surface area contributed by atoms with Gasteiger partial charge in [-0.15, -0.1) is 12.4 Å². The van der Waals surface area contributed by atoms with Crippen molar-refractivity contribution in [2.75, 3.05) is 13.1 Å². The topological polar surface area (TPSA) is 63.5 Å². The lowest BCUT2D eigenvalue weighted by Gasteiger charge is -2.11. The highest BCUT2D eigenvalue weighted by Gasteiger charge is 2.21. The Labute approximate surface area is 135 Å². The molecular formula is C16H19ClN2O3. The van der Waals surface area contributed by atoms with Crippen molar-refractivity contribution >= 4 is 18.3 Å². The molecule has 1 saturated heterocycles. The largest absolute Gasteiger partial charge is 0.489 e. The highest BCUT2D eigenvalue weighted by atomic mass is 35.5. The van der Waals surface area contributed by atoms with Crippen molar-refractivity contribution in [3.05, 3.63) is 54.0 Å². The molecule has 0 radical (unpaired) electrons. The Morgan fingerprint density at radius 3 is 2.86 bits per heavy atom. The summed E-state index contributed by atoms with van der Waals surface area (Å²) in [6, 6.07) is 11.4. The number of para-hydroxylation sites is 1. The fourth-order valence-corrected chi connectivity index (χ4v) is 2.36. The van der Waals surface area contributed by atoms with E-state index in [4.69, 9.17) is 9.15 Å². The van der Waals surface area contributed by atoms with Gasteiger partial charge >= 0.3 is 0 Å². The normalized spacial score (nSPS) is 16.8. The third kappa shape index (κ3) is 4.02. The maximum Gasteiger partial charge on any atom is 0.287 e. The molecule has 1 unspecified atom stereocenters. The van der Waals surface area contributed by atoms with E-state index in [-0.39, 0.29) is 24.4 Å². The highest BCUT2D eigenvalue weighted by Crippen LogP contribution is 2.16. The fourth-order valence-electron chi connectivity index (χ4n) is 2.36. The Balaban J connectivity index is 0.00000176. The number of carbonyl (C=O) groups excluding carboxylic acids is 1. The van der Waals surface area contributed by atoms with Gasteiger partial charge < -0.3 is 19.8 Å². The maximum atomic E-state index is 12.2. The van der Waals surface area contributed by atoms with E-state index in [0.717, 1.165) is 30.8 Å². The summed E-state index contributed by atoms with van der Waals surface area (Å²) in [5.41, 5.74) is 0.752. The molecule has 118 valence electrons. The van der Waals surface area contributed by atoms with Crippen LogP contribution < -0.4 is 15.4 Å². The minimum Gasteiger partial charge on any atom is -0.489 e. The van der Waals surface area contributed by atoms with Crippen molar-refractivity contribution in [2.45, 2.75) is 19.1 Å². The van der Waals surface area contributed by atoms with Crippen LogP contribution in [0, 0.1) is 0 Å². The smallest absolute Gasteiger partial charge is 0.287 e. The SMILES string of the molecule is Cl.O=C(NC1CCNC1)c1occc1COc1ccccc1. The average molecular weight is 323 g/mol. The maximum absolute atomic E-state index is 12.2. The second kappa shape index (κ2) is 7.87. The number of amides is 1. The van der Waals surface area contributed by atoms with Gasteiger partial charge in [0.1, 0.15) is 12.4 Å². The van der Waals surface area contributed by atoms with Crippen LogP contribution in [0.3, 0.4) is 0 Å². The van der Waals surface area contributed by atoms with E-state index in [0.29, 0.717) is 12.4 Å². The molecule has 1 aromatic carbocycles. The second-order valence-corrected chi connectivity index (χ2v) is 5.04. The number of rotatable bonds is 5. The van der Waals surface area contributed by atoms with Crippen LogP contribution in [0.4, 0.5) is 0 Å². The van der Waals surface area contributed by atoms with Crippen molar-refractivity contribution in [3.8, 4) is 5.75 Å². The van der Waals surface area contributed by atoms with Gasteiger partial charge in [-0.2, -0.15) is 0 Å². The quantitative estimate of drug-likeness (QED) is 0.887. The number of carbonyl (C=O) groups is 1. The van der Waals surface area contributed by atoms with Crippen molar-refractivity contribution in [1.29, 1.82) is 0 Å². The first kappa shape index (κ1) is 16.4. The summed E-state index contributed by atoms with van der Waals surface area (Å²) in [6.45, 7) is 2.06. The number of hydrogen-bond acceptors (Lipinski definition) is 4. The van der Waals surface area contributed by atoms with E-state index in [1.807, 2.05) is 30.3 Å². The van der Waals surface area contributed by atoms with Crippen molar-refractivity contribution in [1.82, 2.24) is 10.6 Å². The van der Waals surface area contributed by atoms with Crippen molar-refractivity contribution < 1.29 is 13.9 Å². The Kier molecular flexibility index (Phi) is 5.86. The lowest BCUT2D eigenvalue weighted by molar-refractivity contribution is 0.0908. The molecule has 2 heterocycles. The van der Waals surface area contributed by atoms with Crippen LogP contribution >= 0.6 is 12.4 Å². The monoisotopic (exact) mass is 322 g/mol. The average Bonchev–Trinajstić information content (AvgIpc) is 3.17. The zero-order chi connectivity index (χ0) is 14.5. The van der Waals surface area contributed by atoms with Gasteiger partial charge in [-0.3, -0.25) is 4.79 Å². The number of nitrogens with one attached hydrogen (secondary N) is 2. The summed E-state index contributed by atoms with van der Waals surface area (Å²) in [5.74, 6) is 0.920. The van der Waals surface area contributed by atoms with E-state index in [2.05, 4.69) is 10.6 Å². The number of benzene rings is 1. The molecule has 1 aliphatic heterocycles. The summed E-state index contributed by atoms with van der Waals surface area (Å²) < 4.78 is 11.0. The lowest BCUT2D eigenvalue weighted by atomic mass is 10.2. The molecule has 0 aliphatic carbocycles. The molecular weight excluding hydrogens is 304 g/mol. The summed E-state index contributed by atoms with van der Waals surface area (Å²) in [5, 5.41) is 6.18. The molecule has 1 aliphatic rings. The predicted octanol–water partition coefficient (Wildman–Crippen LogP) is 2.37. The molecule has 1 fully saturated rings. The summed E-state index contributed by atoms with van der Waals surface area (Å²) in [6.07, 6.45) is 2.47. The van der Waals surface area contributed by atoms with Crippen LogP contribution in [0.1, 0.15) is 22.5 Å². The summed E-state index contributed by atoms with van der Waals surface area (Å²) in [7, 11) is 0. The van der Waals surface area contributed by atoms with Gasteiger partial charge in [-0.25, -0.2) is 0 Å². The van der Waals surface area contributed by atoms with Crippen LogP contribution in [0.25, 0.3) is 0 Å². The molecule has 0 bridgehead atoms. The molecule has 3 rings (SSSR count). The minimum atomic E-state index is -0.180. The number of furan rings is 1. The van der Waals surface area contributed by atoms with Gasteiger partial charge in [0.05, 0.1) is 6.26 Å². The van der Waals surface area contributed by atoms with Gasteiger partial charge in [0, 0.05) is 18.2 Å².